The Kier molecular flexibility index (Phi) is 6.12. The molecule has 2 N–H and O–H groups in total. The molecule has 4 nitrogen and oxygen atoms in total. The summed E-state index contributed by atoms with van der Waals surface area (Å²) < 4.78 is 3.16. The minimum atomic E-state index is 0. The molecule has 2 aromatic rings. The molecular formula is C18H23BrClN3O. The standard InChI is InChI=1S/C18H22BrN3O.ClH/c1-12-8-17(18(23)21-7-6-14(10-20)11-21)13(2)22(12)16-5-3-4-15(19)9-16;/h3-5,8-9,14H,6-7,10-11,20H2,1-2H3;1H. The van der Waals surface area contributed by atoms with E-state index in [4.69, 9.17) is 5.73 Å². The highest BCUT2D eigenvalue weighted by atomic mass is 79.9. The van der Waals surface area contributed by atoms with Gasteiger partial charge >= 0.3 is 0 Å². The summed E-state index contributed by atoms with van der Waals surface area (Å²) in [6.45, 7) is 6.28. The van der Waals surface area contributed by atoms with Crippen LogP contribution in [0.15, 0.2) is 34.8 Å². The number of rotatable bonds is 3. The second-order valence-electron chi connectivity index (χ2n) is 6.24. The average Bonchev–Trinajstić information content (AvgIpc) is 3.11. The third-order valence-corrected chi connectivity index (χ3v) is 5.13. The molecule has 1 aromatic heterocycles. The van der Waals surface area contributed by atoms with Crippen molar-refractivity contribution in [3.8, 4) is 5.69 Å². The number of amides is 1. The molecule has 6 heteroatoms. The Morgan fingerprint density at radius 2 is 2.08 bits per heavy atom. The van der Waals surface area contributed by atoms with Gasteiger partial charge in [-0.2, -0.15) is 0 Å². The van der Waals surface area contributed by atoms with E-state index >= 15 is 0 Å². The largest absolute Gasteiger partial charge is 0.338 e. The number of carbonyl (C=O) groups is 1. The molecule has 0 radical (unpaired) electrons. The monoisotopic (exact) mass is 411 g/mol. The van der Waals surface area contributed by atoms with Crippen molar-refractivity contribution in [3.63, 3.8) is 0 Å². The van der Waals surface area contributed by atoms with Gasteiger partial charge < -0.3 is 15.2 Å². The molecule has 3 rings (SSSR count). The SMILES string of the molecule is Cc1cc(C(=O)N2CCC(CN)C2)c(C)n1-c1cccc(Br)c1.Cl. The summed E-state index contributed by atoms with van der Waals surface area (Å²) >= 11 is 3.51. The van der Waals surface area contributed by atoms with E-state index < -0.39 is 0 Å². The number of nitrogens with zero attached hydrogens (tertiary/aromatic N) is 2. The first-order valence-electron chi connectivity index (χ1n) is 7.95. The van der Waals surface area contributed by atoms with Crippen LogP contribution in [0.1, 0.15) is 28.2 Å². The number of nitrogens with two attached hydrogens (primary N) is 1. The molecular weight excluding hydrogens is 390 g/mol. The zero-order chi connectivity index (χ0) is 16.6. The second-order valence-corrected chi connectivity index (χ2v) is 7.16. The van der Waals surface area contributed by atoms with Crippen LogP contribution in [-0.4, -0.2) is 35.0 Å². The van der Waals surface area contributed by atoms with Crippen LogP contribution in [0.3, 0.4) is 0 Å². The predicted octanol–water partition coefficient (Wildman–Crippen LogP) is 3.70. The molecule has 1 fully saturated rings. The third kappa shape index (κ3) is 3.53. The summed E-state index contributed by atoms with van der Waals surface area (Å²) in [6.07, 6.45) is 1.01. The van der Waals surface area contributed by atoms with Gasteiger partial charge in [-0.25, -0.2) is 0 Å². The number of carbonyl (C=O) groups excluding carboxylic acids is 1. The Hall–Kier alpha value is -1.30. The molecule has 0 bridgehead atoms. The number of halogens is 2. The van der Waals surface area contributed by atoms with Gasteiger partial charge in [-0.05, 0) is 57.0 Å². The number of aryl methyl sites for hydroxylation is 1. The minimum absolute atomic E-state index is 0. The van der Waals surface area contributed by atoms with Gasteiger partial charge in [-0.3, -0.25) is 4.79 Å². The molecule has 1 aliphatic heterocycles. The molecule has 0 saturated carbocycles. The normalized spacial score (nSPS) is 17.0. The van der Waals surface area contributed by atoms with E-state index in [0.29, 0.717) is 12.5 Å². The Labute approximate surface area is 157 Å². The smallest absolute Gasteiger partial charge is 0.255 e. The van der Waals surface area contributed by atoms with Crippen molar-refractivity contribution < 1.29 is 4.79 Å². The van der Waals surface area contributed by atoms with Crippen molar-refractivity contribution in [1.82, 2.24) is 9.47 Å². The van der Waals surface area contributed by atoms with E-state index in [2.05, 4.69) is 32.6 Å². The molecule has 0 spiro atoms. The Morgan fingerprint density at radius 3 is 2.71 bits per heavy atom. The number of likely N-dealkylation sites (tertiary alicyclic amines) is 1. The van der Waals surface area contributed by atoms with Crippen molar-refractivity contribution >= 4 is 34.2 Å². The van der Waals surface area contributed by atoms with Gasteiger partial charge in [0, 0.05) is 34.6 Å². The minimum Gasteiger partial charge on any atom is -0.338 e. The van der Waals surface area contributed by atoms with Crippen molar-refractivity contribution in [2.45, 2.75) is 20.3 Å². The highest BCUT2D eigenvalue weighted by molar-refractivity contribution is 9.10. The molecule has 1 amide bonds. The molecule has 1 aromatic carbocycles. The fraction of sp³-hybridized carbons (Fsp3) is 0.389. The van der Waals surface area contributed by atoms with E-state index in [-0.39, 0.29) is 18.3 Å². The van der Waals surface area contributed by atoms with Crippen LogP contribution < -0.4 is 5.73 Å². The average molecular weight is 413 g/mol. The molecule has 1 aliphatic rings. The Bertz CT molecular complexity index is 744. The number of aromatic nitrogens is 1. The predicted molar refractivity (Wildman–Crippen MR) is 103 cm³/mol. The lowest BCUT2D eigenvalue weighted by molar-refractivity contribution is 0.0787. The second kappa shape index (κ2) is 7.72. The van der Waals surface area contributed by atoms with Crippen LogP contribution in [0.25, 0.3) is 5.69 Å². The third-order valence-electron chi connectivity index (χ3n) is 4.63. The molecule has 130 valence electrons. The first-order valence-corrected chi connectivity index (χ1v) is 8.74. The van der Waals surface area contributed by atoms with Crippen molar-refractivity contribution in [2.75, 3.05) is 19.6 Å². The Morgan fingerprint density at radius 1 is 1.33 bits per heavy atom. The molecule has 0 aliphatic carbocycles. The lowest BCUT2D eigenvalue weighted by atomic mass is 10.1. The molecule has 1 atom stereocenters. The number of hydrogen-bond acceptors (Lipinski definition) is 2. The molecule has 24 heavy (non-hydrogen) atoms. The van der Waals surface area contributed by atoms with Gasteiger partial charge in [0.05, 0.1) is 5.56 Å². The van der Waals surface area contributed by atoms with Crippen LogP contribution in [-0.2, 0) is 0 Å². The van der Waals surface area contributed by atoms with E-state index in [9.17, 15) is 4.79 Å². The quantitative estimate of drug-likeness (QED) is 0.835. The van der Waals surface area contributed by atoms with Gasteiger partial charge in [-0.15, -0.1) is 12.4 Å². The van der Waals surface area contributed by atoms with Crippen LogP contribution >= 0.6 is 28.3 Å². The molecule has 1 unspecified atom stereocenters. The summed E-state index contributed by atoms with van der Waals surface area (Å²) in [4.78, 5) is 14.8. The van der Waals surface area contributed by atoms with Crippen LogP contribution in [0.5, 0.6) is 0 Å². The van der Waals surface area contributed by atoms with Crippen molar-refractivity contribution in [2.24, 2.45) is 11.7 Å². The summed E-state index contributed by atoms with van der Waals surface area (Å²) in [7, 11) is 0. The lowest BCUT2D eigenvalue weighted by Gasteiger charge is -2.16. The number of benzene rings is 1. The van der Waals surface area contributed by atoms with E-state index in [1.165, 1.54) is 0 Å². The van der Waals surface area contributed by atoms with Crippen molar-refractivity contribution in [3.05, 3.63) is 51.8 Å². The summed E-state index contributed by atoms with van der Waals surface area (Å²) in [5.74, 6) is 0.558. The fourth-order valence-electron chi connectivity index (χ4n) is 3.37. The van der Waals surface area contributed by atoms with E-state index in [1.54, 1.807) is 0 Å². The summed E-state index contributed by atoms with van der Waals surface area (Å²) in [6, 6.07) is 10.1. The van der Waals surface area contributed by atoms with Gasteiger partial charge in [0.15, 0.2) is 0 Å². The van der Waals surface area contributed by atoms with E-state index in [1.807, 2.05) is 36.9 Å². The van der Waals surface area contributed by atoms with Gasteiger partial charge in [0.25, 0.3) is 5.91 Å². The first kappa shape index (κ1) is 19.0. The van der Waals surface area contributed by atoms with Gasteiger partial charge in [0.1, 0.15) is 0 Å². The summed E-state index contributed by atoms with van der Waals surface area (Å²) in [5.41, 5.74) is 9.65. The van der Waals surface area contributed by atoms with Crippen molar-refractivity contribution in [1.29, 1.82) is 0 Å². The number of hydrogen-bond donors (Lipinski definition) is 1. The lowest BCUT2D eigenvalue weighted by Crippen LogP contribution is -2.30. The van der Waals surface area contributed by atoms with Gasteiger partial charge in [0.2, 0.25) is 0 Å². The van der Waals surface area contributed by atoms with Crippen LogP contribution in [0, 0.1) is 19.8 Å². The van der Waals surface area contributed by atoms with E-state index in [0.717, 1.165) is 46.6 Å². The molecule has 2 heterocycles. The van der Waals surface area contributed by atoms with Crippen LogP contribution in [0.2, 0.25) is 0 Å². The highest BCUT2D eigenvalue weighted by Crippen LogP contribution is 2.25. The fourth-order valence-corrected chi connectivity index (χ4v) is 3.76. The maximum absolute atomic E-state index is 12.9. The topological polar surface area (TPSA) is 51.3 Å². The Balaban J connectivity index is 0.00000208. The highest BCUT2D eigenvalue weighted by Gasteiger charge is 2.28. The summed E-state index contributed by atoms with van der Waals surface area (Å²) in [5, 5.41) is 0. The zero-order valence-corrected chi connectivity index (χ0v) is 16.4. The van der Waals surface area contributed by atoms with Crippen LogP contribution in [0.4, 0.5) is 0 Å². The van der Waals surface area contributed by atoms with Gasteiger partial charge in [-0.1, -0.05) is 22.0 Å². The maximum Gasteiger partial charge on any atom is 0.255 e. The maximum atomic E-state index is 12.9. The first-order chi connectivity index (χ1) is 11.0. The molecule has 1 saturated heterocycles. The zero-order valence-electron chi connectivity index (χ0n) is 14.0.